The lowest BCUT2D eigenvalue weighted by Crippen LogP contribution is -2.30. The molecule has 0 saturated carbocycles. The summed E-state index contributed by atoms with van der Waals surface area (Å²) >= 11 is 0. The molecule has 0 saturated heterocycles. The molecule has 3 N–H and O–H groups in total. The number of rotatable bonds is 73. The van der Waals surface area contributed by atoms with Gasteiger partial charge in [0, 0.05) is 25.7 Å². The minimum Gasteiger partial charge on any atom is -0.462 e. The molecule has 0 fully saturated rings. The lowest BCUT2D eigenvalue weighted by molar-refractivity contribution is -0.161. The molecule has 0 aromatic heterocycles. The summed E-state index contributed by atoms with van der Waals surface area (Å²) in [5.74, 6) is -2.16. The topological polar surface area (TPSA) is 237 Å². The fourth-order valence-electron chi connectivity index (χ4n) is 10.7. The fourth-order valence-corrected chi connectivity index (χ4v) is 12.3. The zero-order valence-corrected chi connectivity index (χ0v) is 61.9. The predicted octanol–water partition coefficient (Wildman–Crippen LogP) is 21.6. The smallest absolute Gasteiger partial charge is 0.462 e. The van der Waals surface area contributed by atoms with Crippen LogP contribution in [0.5, 0.6) is 0 Å². The number of esters is 4. The number of unbranched alkanes of at least 4 members (excludes halogenated alkanes) is 42. The maximum Gasteiger partial charge on any atom is 0.472 e. The van der Waals surface area contributed by atoms with E-state index in [4.69, 9.17) is 37.0 Å². The van der Waals surface area contributed by atoms with Crippen LogP contribution in [0.4, 0.5) is 0 Å². The maximum absolute atomic E-state index is 13.1. The van der Waals surface area contributed by atoms with Gasteiger partial charge in [0.25, 0.3) is 0 Å². The molecule has 0 rings (SSSR count). The Morgan fingerprint density at radius 2 is 0.521 bits per heavy atom. The van der Waals surface area contributed by atoms with Gasteiger partial charge in [0.2, 0.25) is 0 Å². The molecule has 0 aromatic rings. The van der Waals surface area contributed by atoms with Gasteiger partial charge in [0.15, 0.2) is 12.2 Å². The van der Waals surface area contributed by atoms with Crippen molar-refractivity contribution in [2.45, 2.75) is 380 Å². The van der Waals surface area contributed by atoms with Crippen LogP contribution in [0.25, 0.3) is 0 Å². The van der Waals surface area contributed by atoms with Gasteiger partial charge in [-0.1, -0.05) is 295 Å². The number of phosphoric ester groups is 2. The fraction of sp³-hybridized carbons (Fsp3) is 0.867. The molecular weight excluding hydrogens is 1230 g/mol. The van der Waals surface area contributed by atoms with E-state index in [1.54, 1.807) is 0 Å². The first-order valence-corrected chi connectivity index (χ1v) is 41.2. The van der Waals surface area contributed by atoms with Crippen molar-refractivity contribution in [3.05, 3.63) is 36.5 Å². The van der Waals surface area contributed by atoms with Gasteiger partial charge in [-0.05, 0) is 77.0 Å². The SMILES string of the molecule is CCCCCC/C=C\C=C/CCCCCCCC(=O)O[C@H](COC(=O)CCCCCCCCCCCCCCC)COP(=O)(O)OC[C@H](O)COP(=O)(O)OC[C@@H](COC(=O)CCCCCCC/C=C\CCCCCC)OC(=O)CCCCCCCCCCCCCCC. The summed E-state index contributed by atoms with van der Waals surface area (Å²) in [6.07, 6.45) is 62.7. The number of allylic oxidation sites excluding steroid dienone is 6. The van der Waals surface area contributed by atoms with E-state index in [2.05, 4.69) is 64.2 Å². The number of aliphatic hydroxyl groups excluding tert-OH is 1. The van der Waals surface area contributed by atoms with Gasteiger partial charge < -0.3 is 33.8 Å². The summed E-state index contributed by atoms with van der Waals surface area (Å²) in [5.41, 5.74) is 0. The van der Waals surface area contributed by atoms with E-state index in [0.717, 1.165) is 122 Å². The van der Waals surface area contributed by atoms with Crippen LogP contribution in [0.3, 0.4) is 0 Å². The van der Waals surface area contributed by atoms with Crippen molar-refractivity contribution in [3.8, 4) is 0 Å². The molecule has 0 heterocycles. The molecule has 0 amide bonds. The Bertz CT molecular complexity index is 1930. The van der Waals surface area contributed by atoms with Crippen LogP contribution < -0.4 is 0 Å². The van der Waals surface area contributed by atoms with Crippen LogP contribution in [-0.2, 0) is 65.4 Å². The molecule has 552 valence electrons. The Hall–Kier alpha value is -2.72. The van der Waals surface area contributed by atoms with Crippen LogP contribution >= 0.6 is 15.6 Å². The number of carbonyl (C=O) groups is 4. The molecule has 5 atom stereocenters. The van der Waals surface area contributed by atoms with Crippen molar-refractivity contribution >= 4 is 39.5 Å². The van der Waals surface area contributed by atoms with Crippen molar-refractivity contribution in [3.63, 3.8) is 0 Å². The lowest BCUT2D eigenvalue weighted by atomic mass is 10.0. The first-order valence-electron chi connectivity index (χ1n) is 38.2. The van der Waals surface area contributed by atoms with E-state index in [1.807, 2.05) is 0 Å². The second-order valence-electron chi connectivity index (χ2n) is 26.0. The van der Waals surface area contributed by atoms with Crippen LogP contribution in [-0.4, -0.2) is 96.7 Å². The van der Waals surface area contributed by atoms with Gasteiger partial charge in [0.05, 0.1) is 26.4 Å². The zero-order valence-electron chi connectivity index (χ0n) is 60.2. The van der Waals surface area contributed by atoms with Gasteiger partial charge >= 0.3 is 39.5 Å². The zero-order chi connectivity index (χ0) is 69.0. The Morgan fingerprint density at radius 3 is 0.809 bits per heavy atom. The van der Waals surface area contributed by atoms with E-state index in [-0.39, 0.29) is 25.7 Å². The summed E-state index contributed by atoms with van der Waals surface area (Å²) in [6, 6.07) is 0. The first kappa shape index (κ1) is 91.3. The monoisotopic (exact) mass is 1370 g/mol. The summed E-state index contributed by atoms with van der Waals surface area (Å²) in [4.78, 5) is 72.7. The number of carbonyl (C=O) groups excluding carboxylic acids is 4. The van der Waals surface area contributed by atoms with E-state index in [9.17, 15) is 43.2 Å². The Kier molecular flexibility index (Phi) is 66.8. The van der Waals surface area contributed by atoms with Crippen molar-refractivity contribution in [2.24, 2.45) is 0 Å². The minimum atomic E-state index is -4.96. The molecule has 17 nitrogen and oxygen atoms in total. The predicted molar refractivity (Wildman–Crippen MR) is 381 cm³/mol. The summed E-state index contributed by atoms with van der Waals surface area (Å²) in [6.45, 7) is 4.88. The summed E-state index contributed by atoms with van der Waals surface area (Å²) < 4.78 is 68.4. The van der Waals surface area contributed by atoms with Crippen LogP contribution in [0.1, 0.15) is 362 Å². The highest BCUT2D eigenvalue weighted by atomic mass is 31.2. The third kappa shape index (κ3) is 67.8. The lowest BCUT2D eigenvalue weighted by Gasteiger charge is -2.21. The second kappa shape index (κ2) is 68.8. The third-order valence-corrected chi connectivity index (χ3v) is 18.5. The Balaban J connectivity index is 5.31. The molecule has 0 aromatic carbocycles. The highest BCUT2D eigenvalue weighted by Gasteiger charge is 2.30. The van der Waals surface area contributed by atoms with E-state index < -0.39 is 97.5 Å². The van der Waals surface area contributed by atoms with Gasteiger partial charge in [-0.15, -0.1) is 0 Å². The molecule has 2 unspecified atom stereocenters. The molecule has 0 aliphatic rings. The van der Waals surface area contributed by atoms with Crippen LogP contribution in [0, 0.1) is 0 Å². The van der Waals surface area contributed by atoms with Crippen molar-refractivity contribution < 1.29 is 80.2 Å². The quantitative estimate of drug-likeness (QED) is 0.0128. The second-order valence-corrected chi connectivity index (χ2v) is 28.9. The number of hydrogen-bond acceptors (Lipinski definition) is 15. The maximum atomic E-state index is 13.1. The largest absolute Gasteiger partial charge is 0.472 e. The van der Waals surface area contributed by atoms with E-state index in [0.29, 0.717) is 25.7 Å². The normalized spacial score (nSPS) is 14.2. The van der Waals surface area contributed by atoms with Crippen LogP contribution in [0.15, 0.2) is 36.5 Å². The molecule has 0 bridgehead atoms. The molecule has 94 heavy (non-hydrogen) atoms. The van der Waals surface area contributed by atoms with Crippen molar-refractivity contribution in [1.82, 2.24) is 0 Å². The Morgan fingerprint density at radius 1 is 0.298 bits per heavy atom. The highest BCUT2D eigenvalue weighted by molar-refractivity contribution is 7.47. The summed E-state index contributed by atoms with van der Waals surface area (Å²) in [7, 11) is -9.93. The van der Waals surface area contributed by atoms with Crippen molar-refractivity contribution in [1.29, 1.82) is 0 Å². The number of ether oxygens (including phenoxy) is 4. The average molecular weight is 1380 g/mol. The minimum absolute atomic E-state index is 0.0846. The average Bonchev–Trinajstić information content (AvgIpc) is 2.26. The van der Waals surface area contributed by atoms with Crippen molar-refractivity contribution in [2.75, 3.05) is 39.6 Å². The molecule has 0 spiro atoms. The molecule has 19 heteroatoms. The van der Waals surface area contributed by atoms with Gasteiger partial charge in [-0.25, -0.2) is 9.13 Å². The molecule has 0 aliphatic heterocycles. The Labute approximate surface area is 573 Å². The standard InChI is InChI=1S/C75H140O17P2/c1-5-9-13-17-21-25-29-33-34-38-42-46-50-54-58-62-75(80)92-71(66-86-73(78)60-56-52-48-44-40-36-31-27-23-19-15-11-7-3)68-90-94(83,84)88-64-69(76)63-87-93(81,82)89-67-70(91-74(79)61-57-53-49-45-41-37-32-28-24-20-16-12-8-4)65-85-72(77)59-55-51-47-43-39-35-30-26-22-18-14-10-6-2/h25-26,29-30,33-34,69-71,76H,5-24,27-28,31-32,35-68H2,1-4H3,(H,81,82)(H,83,84)/b29-25-,30-26-,34-33-/t69-,70-,71-/m1/s1. The van der Waals surface area contributed by atoms with Gasteiger partial charge in [-0.2, -0.15) is 0 Å². The van der Waals surface area contributed by atoms with E-state index in [1.165, 1.54) is 161 Å². The number of hydrogen-bond donors (Lipinski definition) is 3. The molecular formula is C75H140O17P2. The van der Waals surface area contributed by atoms with Gasteiger partial charge in [-0.3, -0.25) is 37.3 Å². The summed E-state index contributed by atoms with van der Waals surface area (Å²) in [5, 5.41) is 10.6. The number of phosphoric acid groups is 2. The van der Waals surface area contributed by atoms with Crippen LogP contribution in [0.2, 0.25) is 0 Å². The number of aliphatic hydroxyl groups is 1. The first-order chi connectivity index (χ1) is 45.7. The van der Waals surface area contributed by atoms with Gasteiger partial charge in [0.1, 0.15) is 19.3 Å². The third-order valence-electron chi connectivity index (χ3n) is 16.6. The molecule has 0 radical (unpaired) electrons. The van der Waals surface area contributed by atoms with E-state index >= 15 is 0 Å². The molecule has 0 aliphatic carbocycles. The highest BCUT2D eigenvalue weighted by Crippen LogP contribution is 2.45.